The third kappa shape index (κ3) is 6.86. The van der Waals surface area contributed by atoms with Gasteiger partial charge in [-0.05, 0) is 18.8 Å². The Hall–Kier alpha value is -1.14. The van der Waals surface area contributed by atoms with Crippen molar-refractivity contribution in [3.05, 3.63) is 16.1 Å². The SMILES string of the molecule is Cc1nc(CCNC(=O)NC(CO)CC(C)(C)C)cs1. The summed E-state index contributed by atoms with van der Waals surface area (Å²) < 4.78 is 0. The number of thiazole rings is 1. The molecule has 0 aliphatic carbocycles. The second-order valence-corrected chi connectivity index (χ2v) is 7.21. The van der Waals surface area contributed by atoms with Crippen molar-refractivity contribution >= 4 is 17.4 Å². The molecule has 0 aliphatic heterocycles. The molecule has 1 aromatic heterocycles. The van der Waals surface area contributed by atoms with Crippen molar-refractivity contribution in [1.82, 2.24) is 15.6 Å². The van der Waals surface area contributed by atoms with E-state index in [1.165, 1.54) is 0 Å². The van der Waals surface area contributed by atoms with Gasteiger partial charge in [0.1, 0.15) is 0 Å². The Balaban J connectivity index is 2.28. The van der Waals surface area contributed by atoms with Crippen LogP contribution in [0.3, 0.4) is 0 Å². The molecule has 1 rings (SSSR count). The highest BCUT2D eigenvalue weighted by molar-refractivity contribution is 7.09. The summed E-state index contributed by atoms with van der Waals surface area (Å²) in [6.07, 6.45) is 1.46. The fraction of sp³-hybridized carbons (Fsp3) is 0.714. The molecule has 0 fully saturated rings. The van der Waals surface area contributed by atoms with E-state index in [1.807, 2.05) is 12.3 Å². The fourth-order valence-electron chi connectivity index (χ4n) is 1.96. The molecule has 20 heavy (non-hydrogen) atoms. The predicted octanol–water partition coefficient (Wildman–Crippen LogP) is 2.09. The number of aliphatic hydroxyl groups is 1. The molecular formula is C14H25N3O2S. The van der Waals surface area contributed by atoms with E-state index in [-0.39, 0.29) is 24.1 Å². The van der Waals surface area contributed by atoms with Crippen molar-refractivity contribution in [2.24, 2.45) is 5.41 Å². The summed E-state index contributed by atoms with van der Waals surface area (Å²) >= 11 is 1.61. The lowest BCUT2D eigenvalue weighted by molar-refractivity contribution is 0.191. The topological polar surface area (TPSA) is 74.2 Å². The first kappa shape index (κ1) is 16.9. The van der Waals surface area contributed by atoms with E-state index < -0.39 is 0 Å². The van der Waals surface area contributed by atoms with Crippen LogP contribution in [0.2, 0.25) is 0 Å². The third-order valence-electron chi connectivity index (χ3n) is 2.75. The molecule has 3 N–H and O–H groups in total. The molecule has 0 bridgehead atoms. The van der Waals surface area contributed by atoms with Crippen LogP contribution in [-0.2, 0) is 6.42 Å². The summed E-state index contributed by atoms with van der Waals surface area (Å²) in [7, 11) is 0. The maximum Gasteiger partial charge on any atom is 0.315 e. The van der Waals surface area contributed by atoms with Crippen molar-refractivity contribution in [3.8, 4) is 0 Å². The molecule has 0 spiro atoms. The van der Waals surface area contributed by atoms with E-state index in [2.05, 4.69) is 36.4 Å². The Labute approximate surface area is 124 Å². The van der Waals surface area contributed by atoms with Crippen LogP contribution in [0.1, 0.15) is 37.9 Å². The molecule has 1 aromatic rings. The zero-order valence-corrected chi connectivity index (χ0v) is 13.5. The van der Waals surface area contributed by atoms with Crippen molar-refractivity contribution in [3.63, 3.8) is 0 Å². The number of nitrogens with zero attached hydrogens (tertiary/aromatic N) is 1. The Morgan fingerprint density at radius 1 is 1.50 bits per heavy atom. The van der Waals surface area contributed by atoms with Gasteiger partial charge < -0.3 is 15.7 Å². The summed E-state index contributed by atoms with van der Waals surface area (Å²) in [6.45, 7) is 8.71. The van der Waals surface area contributed by atoms with Crippen molar-refractivity contribution < 1.29 is 9.90 Å². The third-order valence-corrected chi connectivity index (χ3v) is 3.57. The zero-order chi connectivity index (χ0) is 15.2. The van der Waals surface area contributed by atoms with Crippen LogP contribution in [0.5, 0.6) is 0 Å². The number of urea groups is 1. The molecule has 0 saturated carbocycles. The van der Waals surface area contributed by atoms with Crippen LogP contribution in [0.4, 0.5) is 4.79 Å². The summed E-state index contributed by atoms with van der Waals surface area (Å²) in [5, 5.41) is 17.9. The van der Waals surface area contributed by atoms with E-state index >= 15 is 0 Å². The van der Waals surface area contributed by atoms with Gasteiger partial charge in [0.15, 0.2) is 0 Å². The smallest absolute Gasteiger partial charge is 0.315 e. The average Bonchev–Trinajstić information content (AvgIpc) is 2.72. The Morgan fingerprint density at radius 2 is 2.20 bits per heavy atom. The van der Waals surface area contributed by atoms with Gasteiger partial charge >= 0.3 is 6.03 Å². The molecule has 2 amide bonds. The van der Waals surface area contributed by atoms with Crippen molar-refractivity contribution in [2.75, 3.05) is 13.2 Å². The van der Waals surface area contributed by atoms with E-state index in [1.54, 1.807) is 11.3 Å². The van der Waals surface area contributed by atoms with Gasteiger partial charge in [-0.2, -0.15) is 0 Å². The molecular weight excluding hydrogens is 274 g/mol. The highest BCUT2D eigenvalue weighted by Crippen LogP contribution is 2.20. The molecule has 0 aliphatic rings. The normalized spacial score (nSPS) is 13.1. The van der Waals surface area contributed by atoms with E-state index in [0.29, 0.717) is 6.54 Å². The number of amides is 2. The zero-order valence-electron chi connectivity index (χ0n) is 12.7. The number of aliphatic hydroxyl groups excluding tert-OH is 1. The first-order chi connectivity index (χ1) is 9.30. The molecule has 0 aromatic carbocycles. The lowest BCUT2D eigenvalue weighted by atomic mass is 9.88. The Bertz CT molecular complexity index is 426. The molecule has 1 unspecified atom stereocenters. The summed E-state index contributed by atoms with van der Waals surface area (Å²) in [5.74, 6) is 0. The van der Waals surface area contributed by atoms with E-state index in [0.717, 1.165) is 23.5 Å². The number of nitrogens with one attached hydrogen (secondary N) is 2. The van der Waals surface area contributed by atoms with Gasteiger partial charge in [-0.25, -0.2) is 9.78 Å². The highest BCUT2D eigenvalue weighted by Gasteiger charge is 2.19. The lowest BCUT2D eigenvalue weighted by Gasteiger charge is -2.25. The highest BCUT2D eigenvalue weighted by atomic mass is 32.1. The maximum atomic E-state index is 11.7. The minimum absolute atomic E-state index is 0.0457. The molecule has 1 heterocycles. The van der Waals surface area contributed by atoms with Gasteiger partial charge in [0.2, 0.25) is 0 Å². The monoisotopic (exact) mass is 299 g/mol. The van der Waals surface area contributed by atoms with Gasteiger partial charge in [-0.15, -0.1) is 11.3 Å². The van der Waals surface area contributed by atoms with Gasteiger partial charge in [0.25, 0.3) is 0 Å². The number of hydrogen-bond donors (Lipinski definition) is 3. The van der Waals surface area contributed by atoms with Gasteiger partial charge in [0.05, 0.1) is 23.4 Å². The van der Waals surface area contributed by atoms with Crippen molar-refractivity contribution in [1.29, 1.82) is 0 Å². The number of rotatable bonds is 6. The minimum atomic E-state index is -0.236. The molecule has 6 heteroatoms. The van der Waals surface area contributed by atoms with Gasteiger partial charge in [0, 0.05) is 18.3 Å². The van der Waals surface area contributed by atoms with Crippen LogP contribution in [-0.4, -0.2) is 35.3 Å². The molecule has 114 valence electrons. The van der Waals surface area contributed by atoms with Crippen molar-refractivity contribution in [2.45, 2.75) is 46.6 Å². The fourth-order valence-corrected chi connectivity index (χ4v) is 2.61. The number of carbonyl (C=O) groups is 1. The minimum Gasteiger partial charge on any atom is -0.394 e. The van der Waals surface area contributed by atoms with E-state index in [4.69, 9.17) is 0 Å². The number of hydrogen-bond acceptors (Lipinski definition) is 4. The maximum absolute atomic E-state index is 11.7. The predicted molar refractivity (Wildman–Crippen MR) is 82.0 cm³/mol. The second kappa shape index (κ2) is 7.59. The number of aromatic nitrogens is 1. The molecule has 0 radical (unpaired) electrons. The lowest BCUT2D eigenvalue weighted by Crippen LogP contribution is -2.45. The van der Waals surface area contributed by atoms with Crippen LogP contribution in [0, 0.1) is 12.3 Å². The first-order valence-electron chi connectivity index (χ1n) is 6.86. The van der Waals surface area contributed by atoms with Gasteiger partial charge in [-0.1, -0.05) is 20.8 Å². The Morgan fingerprint density at radius 3 is 2.70 bits per heavy atom. The van der Waals surface area contributed by atoms with Gasteiger partial charge in [-0.3, -0.25) is 0 Å². The van der Waals surface area contributed by atoms with Crippen LogP contribution in [0.25, 0.3) is 0 Å². The van der Waals surface area contributed by atoms with Crippen LogP contribution in [0.15, 0.2) is 5.38 Å². The quantitative estimate of drug-likeness (QED) is 0.753. The molecule has 5 nitrogen and oxygen atoms in total. The number of carbonyl (C=O) groups excluding carboxylic acids is 1. The number of aryl methyl sites for hydroxylation is 1. The standard InChI is InChI=1S/C14H25N3O2S/c1-10-16-11(9-20-10)5-6-15-13(19)17-12(8-18)7-14(2,3)4/h9,12,18H,5-8H2,1-4H3,(H2,15,17,19). The summed E-state index contributed by atoms with van der Waals surface area (Å²) in [6, 6.07) is -0.447. The summed E-state index contributed by atoms with van der Waals surface area (Å²) in [5.41, 5.74) is 1.07. The largest absolute Gasteiger partial charge is 0.394 e. The first-order valence-corrected chi connectivity index (χ1v) is 7.74. The van der Waals surface area contributed by atoms with Crippen LogP contribution >= 0.6 is 11.3 Å². The Kier molecular flexibility index (Phi) is 6.42. The summed E-state index contributed by atoms with van der Waals surface area (Å²) in [4.78, 5) is 16.1. The van der Waals surface area contributed by atoms with Crippen LogP contribution < -0.4 is 10.6 Å². The second-order valence-electron chi connectivity index (χ2n) is 6.15. The van der Waals surface area contributed by atoms with E-state index in [9.17, 15) is 9.90 Å². The average molecular weight is 299 g/mol. The molecule has 0 saturated heterocycles. The molecule has 1 atom stereocenters.